The molecular formula is C17H22N2O4S. The van der Waals surface area contributed by atoms with E-state index < -0.39 is 5.60 Å². The molecule has 7 heteroatoms. The predicted octanol–water partition coefficient (Wildman–Crippen LogP) is 2.66. The van der Waals surface area contributed by atoms with E-state index in [0.717, 1.165) is 29.2 Å². The van der Waals surface area contributed by atoms with Crippen molar-refractivity contribution in [3.8, 4) is 0 Å². The molecule has 24 heavy (non-hydrogen) atoms. The van der Waals surface area contributed by atoms with Crippen molar-refractivity contribution in [1.82, 2.24) is 9.80 Å². The van der Waals surface area contributed by atoms with Gasteiger partial charge in [0.1, 0.15) is 5.60 Å². The Morgan fingerprint density at radius 3 is 2.75 bits per heavy atom. The van der Waals surface area contributed by atoms with Gasteiger partial charge in [0, 0.05) is 44.5 Å². The zero-order valence-corrected chi connectivity index (χ0v) is 14.6. The van der Waals surface area contributed by atoms with Gasteiger partial charge in [-0.3, -0.25) is 4.79 Å². The Bertz CT molecular complexity index is 645. The molecule has 130 valence electrons. The van der Waals surface area contributed by atoms with Crippen molar-refractivity contribution >= 4 is 23.3 Å². The van der Waals surface area contributed by atoms with E-state index in [1.54, 1.807) is 23.3 Å². The van der Waals surface area contributed by atoms with Crippen LogP contribution in [0.4, 0.5) is 4.79 Å². The molecular weight excluding hydrogens is 328 g/mol. The van der Waals surface area contributed by atoms with Crippen LogP contribution in [-0.2, 0) is 9.47 Å². The lowest BCUT2D eigenvalue weighted by atomic mass is 9.91. The minimum absolute atomic E-state index is 0.0803. The number of carbonyl (C=O) groups is 2. The van der Waals surface area contributed by atoms with Crippen LogP contribution in [0.25, 0.3) is 0 Å². The van der Waals surface area contributed by atoms with Gasteiger partial charge in [0.15, 0.2) is 0 Å². The first-order chi connectivity index (χ1) is 11.6. The molecule has 1 atom stereocenters. The zero-order chi connectivity index (χ0) is 16.7. The molecule has 2 amide bonds. The Hall–Kier alpha value is -1.60. The molecule has 3 aliphatic rings. The third kappa shape index (κ3) is 2.80. The lowest BCUT2D eigenvalue weighted by Gasteiger charge is -2.37. The standard InChI is InChI=1S/C17H22N2O4S/c1-18-11-17(23-16(18)21)6-8-19(9-7-17)15(20)14-5-4-13(24-14)12-3-2-10-22-12/h4-5,12H,2-3,6-11H2,1H3. The van der Waals surface area contributed by atoms with Crippen LogP contribution < -0.4 is 0 Å². The van der Waals surface area contributed by atoms with Crippen LogP contribution >= 0.6 is 11.3 Å². The van der Waals surface area contributed by atoms with Crippen molar-refractivity contribution in [2.45, 2.75) is 37.4 Å². The molecule has 1 spiro atoms. The summed E-state index contributed by atoms with van der Waals surface area (Å²) in [6, 6.07) is 3.94. The second-order valence-electron chi connectivity index (χ2n) is 6.90. The number of ether oxygens (including phenoxy) is 2. The van der Waals surface area contributed by atoms with E-state index in [4.69, 9.17) is 9.47 Å². The zero-order valence-electron chi connectivity index (χ0n) is 13.8. The van der Waals surface area contributed by atoms with Crippen LogP contribution in [-0.4, -0.2) is 60.7 Å². The molecule has 1 aromatic heterocycles. The van der Waals surface area contributed by atoms with Gasteiger partial charge in [0.2, 0.25) is 0 Å². The molecule has 0 aromatic carbocycles. The fourth-order valence-electron chi connectivity index (χ4n) is 3.77. The normalized spacial score (nSPS) is 26.2. The second kappa shape index (κ2) is 6.04. The summed E-state index contributed by atoms with van der Waals surface area (Å²) in [5.41, 5.74) is -0.402. The van der Waals surface area contributed by atoms with Crippen LogP contribution in [0.15, 0.2) is 12.1 Å². The number of hydrogen-bond acceptors (Lipinski definition) is 5. The molecule has 0 bridgehead atoms. The summed E-state index contributed by atoms with van der Waals surface area (Å²) in [5.74, 6) is 0.0803. The SMILES string of the molecule is CN1CC2(CCN(C(=O)c3ccc(C4CCCO4)s3)CC2)OC1=O. The maximum Gasteiger partial charge on any atom is 0.410 e. The number of rotatable bonds is 2. The molecule has 0 N–H and O–H groups in total. The molecule has 3 aliphatic heterocycles. The van der Waals surface area contributed by atoms with Crippen LogP contribution in [0.1, 0.15) is 46.3 Å². The first-order valence-corrected chi connectivity index (χ1v) is 9.33. The molecule has 0 aliphatic carbocycles. The highest BCUT2D eigenvalue weighted by Crippen LogP contribution is 2.35. The third-order valence-corrected chi connectivity index (χ3v) is 6.35. The summed E-state index contributed by atoms with van der Waals surface area (Å²) >= 11 is 1.55. The average Bonchev–Trinajstić information content (AvgIpc) is 3.29. The quantitative estimate of drug-likeness (QED) is 0.823. The number of amides is 2. The maximum atomic E-state index is 12.7. The highest BCUT2D eigenvalue weighted by Gasteiger charge is 2.46. The number of likely N-dealkylation sites (N-methyl/N-ethyl adjacent to an activating group) is 1. The molecule has 6 nitrogen and oxygen atoms in total. The summed E-state index contributed by atoms with van der Waals surface area (Å²) in [7, 11) is 1.76. The highest BCUT2D eigenvalue weighted by atomic mass is 32.1. The van der Waals surface area contributed by atoms with Crippen LogP contribution in [0.5, 0.6) is 0 Å². The molecule has 3 saturated heterocycles. The first-order valence-electron chi connectivity index (χ1n) is 8.51. The Labute approximate surface area is 145 Å². The van der Waals surface area contributed by atoms with Crippen LogP contribution in [0, 0.1) is 0 Å². The molecule has 1 unspecified atom stereocenters. The summed E-state index contributed by atoms with van der Waals surface area (Å²) in [5, 5.41) is 0. The lowest BCUT2D eigenvalue weighted by Crippen LogP contribution is -2.48. The van der Waals surface area contributed by atoms with E-state index in [-0.39, 0.29) is 18.1 Å². The summed E-state index contributed by atoms with van der Waals surface area (Å²) < 4.78 is 11.2. The number of likely N-dealkylation sites (tertiary alicyclic amines) is 1. The van der Waals surface area contributed by atoms with E-state index in [2.05, 4.69) is 0 Å². The molecule has 1 aromatic rings. The fraction of sp³-hybridized carbons (Fsp3) is 0.647. The van der Waals surface area contributed by atoms with E-state index >= 15 is 0 Å². The van der Waals surface area contributed by atoms with Gasteiger partial charge in [-0.05, 0) is 25.0 Å². The summed E-state index contributed by atoms with van der Waals surface area (Å²) in [4.78, 5) is 29.8. The van der Waals surface area contributed by atoms with Gasteiger partial charge in [-0.15, -0.1) is 11.3 Å². The number of thiophene rings is 1. The number of piperidine rings is 1. The van der Waals surface area contributed by atoms with Gasteiger partial charge in [-0.2, -0.15) is 0 Å². The van der Waals surface area contributed by atoms with Crippen LogP contribution in [0.2, 0.25) is 0 Å². The molecule has 0 radical (unpaired) electrons. The van der Waals surface area contributed by atoms with Gasteiger partial charge in [0.05, 0.1) is 17.5 Å². The average molecular weight is 350 g/mol. The number of nitrogens with zero attached hydrogens (tertiary/aromatic N) is 2. The predicted molar refractivity (Wildman–Crippen MR) is 89.2 cm³/mol. The van der Waals surface area contributed by atoms with Gasteiger partial charge in [-0.1, -0.05) is 0 Å². The third-order valence-electron chi connectivity index (χ3n) is 5.19. The van der Waals surface area contributed by atoms with Gasteiger partial charge in [0.25, 0.3) is 5.91 Å². The Morgan fingerprint density at radius 2 is 2.12 bits per heavy atom. The van der Waals surface area contributed by atoms with E-state index in [9.17, 15) is 9.59 Å². The highest BCUT2D eigenvalue weighted by molar-refractivity contribution is 7.14. The summed E-state index contributed by atoms with van der Waals surface area (Å²) in [6.45, 7) is 2.70. The largest absolute Gasteiger partial charge is 0.441 e. The molecule has 4 heterocycles. The van der Waals surface area contributed by atoms with Crippen molar-refractivity contribution in [3.63, 3.8) is 0 Å². The number of carbonyl (C=O) groups excluding carboxylic acids is 2. The van der Waals surface area contributed by atoms with Crippen molar-refractivity contribution in [1.29, 1.82) is 0 Å². The lowest BCUT2D eigenvalue weighted by molar-refractivity contribution is 0.00332. The second-order valence-corrected chi connectivity index (χ2v) is 8.02. The van der Waals surface area contributed by atoms with Gasteiger partial charge >= 0.3 is 6.09 Å². The molecule has 4 rings (SSSR count). The van der Waals surface area contributed by atoms with Crippen molar-refractivity contribution in [3.05, 3.63) is 21.9 Å². The van der Waals surface area contributed by atoms with Gasteiger partial charge in [-0.25, -0.2) is 4.79 Å². The van der Waals surface area contributed by atoms with E-state index in [0.29, 0.717) is 32.5 Å². The Kier molecular flexibility index (Phi) is 4.00. The van der Waals surface area contributed by atoms with Crippen molar-refractivity contribution in [2.24, 2.45) is 0 Å². The summed E-state index contributed by atoms with van der Waals surface area (Å²) in [6.07, 6.45) is 3.45. The Morgan fingerprint density at radius 1 is 1.33 bits per heavy atom. The first kappa shape index (κ1) is 15.9. The van der Waals surface area contributed by atoms with Crippen molar-refractivity contribution in [2.75, 3.05) is 33.3 Å². The Balaban J connectivity index is 1.39. The van der Waals surface area contributed by atoms with Gasteiger partial charge < -0.3 is 19.3 Å². The smallest absolute Gasteiger partial charge is 0.410 e. The van der Waals surface area contributed by atoms with Crippen molar-refractivity contribution < 1.29 is 19.1 Å². The molecule has 3 fully saturated rings. The molecule has 0 saturated carbocycles. The minimum Gasteiger partial charge on any atom is -0.441 e. The van der Waals surface area contributed by atoms with Crippen LogP contribution in [0.3, 0.4) is 0 Å². The number of hydrogen-bond donors (Lipinski definition) is 0. The fourth-order valence-corrected chi connectivity index (χ4v) is 4.83. The maximum absolute atomic E-state index is 12.7. The van der Waals surface area contributed by atoms with E-state index in [1.807, 2.05) is 17.0 Å². The van der Waals surface area contributed by atoms with E-state index in [1.165, 1.54) is 0 Å². The topological polar surface area (TPSA) is 59.1 Å². The minimum atomic E-state index is -0.402. The monoisotopic (exact) mass is 350 g/mol.